The molecule has 140 valence electrons. The highest BCUT2D eigenvalue weighted by Gasteiger charge is 2.35. The van der Waals surface area contributed by atoms with Crippen molar-refractivity contribution in [1.29, 1.82) is 0 Å². The Kier molecular flexibility index (Phi) is 5.90. The van der Waals surface area contributed by atoms with E-state index in [1.54, 1.807) is 0 Å². The fourth-order valence-corrected chi connectivity index (χ4v) is 3.17. The van der Waals surface area contributed by atoms with Crippen molar-refractivity contribution in [1.82, 2.24) is 5.32 Å². The summed E-state index contributed by atoms with van der Waals surface area (Å²) >= 11 is 0.894. The first-order valence-electron chi connectivity index (χ1n) is 7.18. The van der Waals surface area contributed by atoms with E-state index in [2.05, 4.69) is 15.5 Å². The van der Waals surface area contributed by atoms with Crippen LogP contribution in [0.2, 0.25) is 0 Å². The van der Waals surface area contributed by atoms with Crippen LogP contribution in [-0.2, 0) is 15.8 Å². The van der Waals surface area contributed by atoms with Gasteiger partial charge in [-0.1, -0.05) is 11.8 Å². The predicted octanol–water partition coefficient (Wildman–Crippen LogP) is 2.42. The van der Waals surface area contributed by atoms with Crippen LogP contribution in [0.1, 0.15) is 23.1 Å². The van der Waals surface area contributed by atoms with Gasteiger partial charge in [0.05, 0.1) is 25.3 Å². The van der Waals surface area contributed by atoms with Crippen LogP contribution in [0.5, 0.6) is 5.75 Å². The lowest BCUT2D eigenvalue weighted by Gasteiger charge is -2.14. The van der Waals surface area contributed by atoms with Crippen molar-refractivity contribution in [3.63, 3.8) is 0 Å². The Balaban J connectivity index is 2.20. The number of rotatable bonds is 5. The van der Waals surface area contributed by atoms with Crippen LogP contribution in [0.4, 0.5) is 13.2 Å². The van der Waals surface area contributed by atoms with Crippen molar-refractivity contribution < 1.29 is 32.6 Å². The fraction of sp³-hybridized carbons (Fsp3) is 0.333. The summed E-state index contributed by atoms with van der Waals surface area (Å²) in [5.74, 6) is -1.90. The highest BCUT2D eigenvalue weighted by molar-refractivity contribution is 8.15. The molecule has 11 heteroatoms. The van der Waals surface area contributed by atoms with E-state index in [4.69, 9.17) is 9.84 Å². The molecule has 2 rings (SSSR count). The number of halogens is 3. The molecule has 1 aromatic carbocycles. The van der Waals surface area contributed by atoms with Gasteiger partial charge in [-0.25, -0.2) is 0 Å². The van der Waals surface area contributed by atoms with Crippen LogP contribution in [0.15, 0.2) is 22.3 Å². The molecule has 2 N–H and O–H groups in total. The van der Waals surface area contributed by atoms with Crippen LogP contribution in [0, 0.1) is 6.92 Å². The van der Waals surface area contributed by atoms with Gasteiger partial charge in [0.2, 0.25) is 5.91 Å². The molecule has 0 aliphatic carbocycles. The number of carboxylic acids is 1. The molecule has 0 aromatic heterocycles. The number of methoxy groups -OCH3 is 1. The second-order valence-corrected chi connectivity index (χ2v) is 6.45. The third-order valence-corrected chi connectivity index (χ3v) is 4.37. The van der Waals surface area contributed by atoms with Gasteiger partial charge in [-0.15, -0.1) is 5.10 Å². The normalized spacial score (nSPS) is 19.2. The summed E-state index contributed by atoms with van der Waals surface area (Å²) in [4.78, 5) is 22.2. The average Bonchev–Trinajstić information content (AvgIpc) is 2.85. The van der Waals surface area contributed by atoms with Gasteiger partial charge in [0.25, 0.3) is 0 Å². The molecule has 26 heavy (non-hydrogen) atoms. The molecule has 0 spiro atoms. The van der Waals surface area contributed by atoms with E-state index >= 15 is 0 Å². The topological polar surface area (TPSA) is 100 Å². The minimum absolute atomic E-state index is 0.0822. The Labute approximate surface area is 150 Å². The van der Waals surface area contributed by atoms with Gasteiger partial charge >= 0.3 is 12.1 Å². The predicted molar refractivity (Wildman–Crippen MR) is 89.5 cm³/mol. The number of benzene rings is 1. The van der Waals surface area contributed by atoms with E-state index in [1.807, 2.05) is 0 Å². The first-order valence-corrected chi connectivity index (χ1v) is 8.06. The van der Waals surface area contributed by atoms with E-state index in [-0.39, 0.29) is 28.5 Å². The van der Waals surface area contributed by atoms with Crippen molar-refractivity contribution in [3.8, 4) is 5.75 Å². The lowest BCUT2D eigenvalue weighted by atomic mass is 10.0. The van der Waals surface area contributed by atoms with Crippen LogP contribution in [-0.4, -0.2) is 40.7 Å². The third-order valence-electron chi connectivity index (χ3n) is 3.30. The number of carbonyl (C=O) groups is 2. The van der Waals surface area contributed by atoms with Gasteiger partial charge in [-0.05, 0) is 30.2 Å². The quantitative estimate of drug-likeness (QED) is 0.595. The van der Waals surface area contributed by atoms with E-state index in [0.29, 0.717) is 0 Å². The van der Waals surface area contributed by atoms with E-state index in [1.165, 1.54) is 13.0 Å². The van der Waals surface area contributed by atoms with Crippen molar-refractivity contribution in [2.75, 3.05) is 7.11 Å². The maximum atomic E-state index is 13.1. The molecule has 0 bridgehead atoms. The number of thioether (sulfide) groups is 1. The number of ether oxygens (including phenoxy) is 1. The number of carboxylic acid groups (broad SMARTS) is 1. The largest absolute Gasteiger partial charge is 0.496 e. The number of aliphatic carboxylic acids is 1. The minimum Gasteiger partial charge on any atom is -0.496 e. The molecule has 0 saturated carbocycles. The second kappa shape index (κ2) is 7.77. The number of aryl methyl sites for hydroxylation is 1. The van der Waals surface area contributed by atoms with Crippen molar-refractivity contribution >= 4 is 35.0 Å². The molecule has 1 fully saturated rings. The smallest absolute Gasteiger partial charge is 0.419 e. The molecule has 1 amide bonds. The lowest BCUT2D eigenvalue weighted by molar-refractivity contribution is -0.139. The summed E-state index contributed by atoms with van der Waals surface area (Å²) in [6.07, 6.45) is -3.86. The van der Waals surface area contributed by atoms with Crippen LogP contribution >= 0.6 is 11.8 Å². The Hall–Kier alpha value is -2.56. The maximum Gasteiger partial charge on any atom is 0.419 e. The number of alkyl halides is 3. The standard InChI is InChI=1S/C15H14F3N3O4S/c1-7-3-8(4-9(12(7)25-2)15(16,17)18)6-19-21-14-20-13(24)10(26-14)5-11(22)23/h3-4,6,10H,5H2,1-2H3,(H,22,23)(H,20,21,24). The molecule has 7 nitrogen and oxygen atoms in total. The summed E-state index contributed by atoms with van der Waals surface area (Å²) < 4.78 is 44.1. The average molecular weight is 389 g/mol. The molecule has 1 unspecified atom stereocenters. The Morgan fingerprint density at radius 3 is 2.73 bits per heavy atom. The Morgan fingerprint density at radius 1 is 1.46 bits per heavy atom. The summed E-state index contributed by atoms with van der Waals surface area (Å²) in [5.41, 5.74) is -0.503. The molecular weight excluding hydrogens is 375 g/mol. The molecule has 1 aromatic rings. The van der Waals surface area contributed by atoms with Gasteiger partial charge in [0.1, 0.15) is 11.0 Å². The fourth-order valence-electron chi connectivity index (χ4n) is 2.25. The summed E-state index contributed by atoms with van der Waals surface area (Å²) in [7, 11) is 1.16. The molecule has 1 saturated heterocycles. The highest BCUT2D eigenvalue weighted by atomic mass is 32.2. The van der Waals surface area contributed by atoms with E-state index < -0.39 is 28.9 Å². The molecule has 1 heterocycles. The number of carbonyl (C=O) groups excluding carboxylic acids is 1. The summed E-state index contributed by atoms with van der Waals surface area (Å²) in [6.45, 7) is 1.47. The zero-order valence-electron chi connectivity index (χ0n) is 13.6. The molecule has 1 aliphatic rings. The number of hydrogen-bond donors (Lipinski definition) is 2. The summed E-state index contributed by atoms with van der Waals surface area (Å²) in [5, 5.41) is 17.7. The Morgan fingerprint density at radius 2 is 2.15 bits per heavy atom. The van der Waals surface area contributed by atoms with Gasteiger partial charge in [0, 0.05) is 0 Å². The van der Waals surface area contributed by atoms with Crippen LogP contribution < -0.4 is 10.1 Å². The van der Waals surface area contributed by atoms with Crippen LogP contribution in [0.3, 0.4) is 0 Å². The number of amides is 1. The zero-order valence-corrected chi connectivity index (χ0v) is 14.4. The van der Waals surface area contributed by atoms with Crippen molar-refractivity contribution in [3.05, 3.63) is 28.8 Å². The minimum atomic E-state index is -4.59. The van der Waals surface area contributed by atoms with Gasteiger partial charge in [-0.3, -0.25) is 9.59 Å². The summed E-state index contributed by atoms with van der Waals surface area (Å²) in [6, 6.07) is 2.33. The number of nitrogens with zero attached hydrogens (tertiary/aromatic N) is 2. The molecular formula is C15H14F3N3O4S. The Bertz CT molecular complexity index is 793. The molecule has 0 radical (unpaired) electrons. The lowest BCUT2D eigenvalue weighted by Crippen LogP contribution is -2.26. The number of nitrogens with one attached hydrogen (secondary N) is 1. The SMILES string of the molecule is COc1c(C)cc(C=NN=C2NC(=O)C(CC(=O)O)S2)cc1C(F)(F)F. The second-order valence-electron chi connectivity index (χ2n) is 5.26. The van der Waals surface area contributed by atoms with Gasteiger partial charge in [-0.2, -0.15) is 18.3 Å². The van der Waals surface area contributed by atoms with E-state index in [0.717, 1.165) is 31.2 Å². The number of amidine groups is 1. The van der Waals surface area contributed by atoms with Crippen molar-refractivity contribution in [2.45, 2.75) is 24.8 Å². The van der Waals surface area contributed by atoms with Crippen molar-refractivity contribution in [2.24, 2.45) is 10.2 Å². The number of hydrogen-bond acceptors (Lipinski definition) is 6. The molecule has 1 aliphatic heterocycles. The van der Waals surface area contributed by atoms with E-state index in [9.17, 15) is 22.8 Å². The van der Waals surface area contributed by atoms with Crippen LogP contribution in [0.25, 0.3) is 0 Å². The van der Waals surface area contributed by atoms with Gasteiger partial charge < -0.3 is 15.2 Å². The maximum absolute atomic E-state index is 13.1. The first kappa shape index (κ1) is 19.8. The zero-order chi connectivity index (χ0) is 19.5. The van der Waals surface area contributed by atoms with Gasteiger partial charge in [0.15, 0.2) is 5.17 Å². The monoisotopic (exact) mass is 389 g/mol. The molecule has 1 atom stereocenters. The third kappa shape index (κ3) is 4.75. The first-order chi connectivity index (χ1) is 12.1. The highest BCUT2D eigenvalue weighted by Crippen LogP contribution is 2.38.